The van der Waals surface area contributed by atoms with E-state index in [9.17, 15) is 0 Å². The highest BCUT2D eigenvalue weighted by Crippen LogP contribution is 2.58. The Hall–Kier alpha value is -12.0. The van der Waals surface area contributed by atoms with Gasteiger partial charge < -0.3 is 32.4 Å². The maximum Gasteiger partial charge on any atom is 0.259 e. The van der Waals surface area contributed by atoms with Crippen molar-refractivity contribution in [1.29, 1.82) is 0 Å². The maximum absolute atomic E-state index is 7.72. The Morgan fingerprint density at radius 3 is 1.32 bits per heavy atom. The smallest absolute Gasteiger partial charge is 0.259 e. The Morgan fingerprint density at radius 2 is 0.731 bits per heavy atom. The van der Waals surface area contributed by atoms with E-state index in [-0.39, 0.29) is 0 Å². The zero-order chi connectivity index (χ0) is 60.6. The maximum atomic E-state index is 7.72. The highest BCUT2D eigenvalue weighted by molar-refractivity contribution is 7.28. The van der Waals surface area contributed by atoms with Gasteiger partial charge in [0.15, 0.2) is 11.2 Å². The second kappa shape index (κ2) is 19.2. The highest BCUT2D eigenvalue weighted by Gasteiger charge is 2.50. The van der Waals surface area contributed by atoms with Gasteiger partial charge in [0.1, 0.15) is 33.5 Å². The van der Waals surface area contributed by atoms with Crippen LogP contribution in [0.2, 0.25) is 0 Å². The molecular weight excluding hydrogens is 1160 g/mol. The molecule has 93 heavy (non-hydrogen) atoms. The molecule has 0 aliphatic carbocycles. The van der Waals surface area contributed by atoms with Crippen LogP contribution in [0.25, 0.3) is 130 Å². The van der Waals surface area contributed by atoms with Crippen molar-refractivity contribution < 1.29 is 17.7 Å². The zero-order valence-electron chi connectivity index (χ0n) is 49.7. The molecule has 7 heterocycles. The molecule has 0 atom stereocenters. The molecule has 2 aliphatic heterocycles. The van der Waals surface area contributed by atoms with Gasteiger partial charge in [-0.1, -0.05) is 206 Å². The van der Waals surface area contributed by atoms with E-state index in [1.54, 1.807) is 0 Å². The van der Waals surface area contributed by atoms with E-state index in [0.29, 0.717) is 0 Å². The summed E-state index contributed by atoms with van der Waals surface area (Å²) in [6, 6.07) is 105. The normalized spacial score (nSPS) is 12.9. The Balaban J connectivity index is 1.02. The van der Waals surface area contributed by atoms with Gasteiger partial charge in [0.2, 0.25) is 0 Å². The zero-order valence-corrected chi connectivity index (χ0v) is 50.5. The number of para-hydroxylation sites is 7. The summed E-state index contributed by atoms with van der Waals surface area (Å²) in [6.45, 7) is -0.498. The van der Waals surface area contributed by atoms with Crippen LogP contribution in [0, 0.1) is 0 Å². The van der Waals surface area contributed by atoms with Crippen LogP contribution in [0.5, 0.6) is 0 Å². The molecule has 21 rings (SSSR count). The summed E-state index contributed by atoms with van der Waals surface area (Å²) in [6.07, 6.45) is 0. The summed E-state index contributed by atoms with van der Waals surface area (Å²) in [7, 11) is 0. The van der Waals surface area contributed by atoms with Crippen molar-refractivity contribution in [2.45, 2.75) is 0 Å². The van der Waals surface area contributed by atoms with E-state index in [1.165, 1.54) is 20.2 Å². The molecule has 0 saturated carbocycles. The van der Waals surface area contributed by atoms with E-state index in [2.05, 4.69) is 300 Å². The quantitative estimate of drug-likeness (QED) is 0.147. The van der Waals surface area contributed by atoms with Crippen LogP contribution >= 0.6 is 11.3 Å². The molecule has 0 amide bonds. The summed E-state index contributed by atoms with van der Waals surface area (Å²) in [5, 5.41) is 10.7. The number of anilines is 9. The lowest BCUT2D eigenvalue weighted by Gasteiger charge is -2.45. The average Bonchev–Trinajstić information content (AvgIpc) is 1.65. The molecule has 0 saturated heterocycles. The number of hydrogen-bond acceptors (Lipinski definition) is 8. The fourth-order valence-electron chi connectivity index (χ4n) is 15.8. The standard InChI is InChI=1S/C84H48BN3O4S/c1-4-24-49(25-5-1)54-30-10-17-37-62(54)87-64-47-53(86(51-28-8-3-9-29-51)52-44-45-70-61(46-52)56-32-12-19-39-66(56)89-70)48-65-76(64)85(77-79(87)82-73(58-34-14-21-41-68(58)91-82)72-57-33-13-20-40-67(57)90-81(72)77)78-80(88(65)63-38-18-11-31-55(63)50-26-6-2-7-27-50)83-74(59-35-15-22-42-69(59)92-83)75-60-36-16-23-43-71(60)93-84(75)78/h1-48H. The Morgan fingerprint density at radius 1 is 0.290 bits per heavy atom. The lowest BCUT2D eigenvalue weighted by Crippen LogP contribution is -2.61. The molecule has 0 bridgehead atoms. The van der Waals surface area contributed by atoms with Crippen LogP contribution < -0.4 is 31.1 Å². The van der Waals surface area contributed by atoms with Crippen molar-refractivity contribution in [1.82, 2.24) is 0 Å². The third kappa shape index (κ3) is 7.08. The summed E-state index contributed by atoms with van der Waals surface area (Å²) in [5.74, 6) is 0. The van der Waals surface area contributed by atoms with E-state index in [0.717, 1.165) is 178 Å². The van der Waals surface area contributed by atoms with Gasteiger partial charge >= 0.3 is 0 Å². The first-order valence-electron chi connectivity index (χ1n) is 31.6. The largest absolute Gasteiger partial charge is 0.456 e. The van der Waals surface area contributed by atoms with Gasteiger partial charge in [-0.3, -0.25) is 0 Å². The van der Waals surface area contributed by atoms with Crippen LogP contribution in [0.4, 0.5) is 51.2 Å². The number of rotatable bonds is 7. The minimum Gasteiger partial charge on any atom is -0.456 e. The minimum atomic E-state index is -0.498. The number of benzene rings is 14. The molecule has 7 nitrogen and oxygen atoms in total. The van der Waals surface area contributed by atoms with Gasteiger partial charge in [0.05, 0.1) is 28.4 Å². The first-order chi connectivity index (χ1) is 46.2. The Labute approximate surface area is 536 Å². The molecule has 0 fully saturated rings. The van der Waals surface area contributed by atoms with E-state index in [4.69, 9.17) is 17.7 Å². The van der Waals surface area contributed by atoms with Crippen molar-refractivity contribution >= 4 is 194 Å². The van der Waals surface area contributed by atoms with Gasteiger partial charge in [-0.2, -0.15) is 0 Å². The monoisotopic (exact) mass is 1210 g/mol. The average molecular weight is 1210 g/mol. The van der Waals surface area contributed by atoms with Crippen molar-refractivity contribution in [2.24, 2.45) is 0 Å². The van der Waals surface area contributed by atoms with Crippen LogP contribution in [-0.2, 0) is 0 Å². The van der Waals surface area contributed by atoms with Crippen molar-refractivity contribution in [3.05, 3.63) is 291 Å². The lowest BCUT2D eigenvalue weighted by molar-refractivity contribution is 0.665. The topological polar surface area (TPSA) is 62.3 Å². The predicted octanol–water partition coefficient (Wildman–Crippen LogP) is 22.5. The van der Waals surface area contributed by atoms with Crippen molar-refractivity contribution in [3.8, 4) is 22.3 Å². The van der Waals surface area contributed by atoms with E-state index >= 15 is 0 Å². The van der Waals surface area contributed by atoms with Crippen molar-refractivity contribution in [2.75, 3.05) is 14.7 Å². The van der Waals surface area contributed by atoms with Crippen LogP contribution in [0.15, 0.2) is 309 Å². The molecule has 5 aromatic heterocycles. The second-order valence-corrected chi connectivity index (χ2v) is 25.5. The molecule has 0 unspecified atom stereocenters. The minimum absolute atomic E-state index is 0.498. The van der Waals surface area contributed by atoms with Crippen LogP contribution in [0.1, 0.15) is 0 Å². The number of nitrogens with zero attached hydrogens (tertiary/aromatic N) is 3. The molecule has 0 N–H and O–H groups in total. The van der Waals surface area contributed by atoms with Gasteiger partial charge in [0.25, 0.3) is 6.71 Å². The number of furan rings is 4. The van der Waals surface area contributed by atoms with Gasteiger partial charge in [-0.05, 0) is 107 Å². The first-order valence-corrected chi connectivity index (χ1v) is 32.4. The van der Waals surface area contributed by atoms with E-state index in [1.807, 2.05) is 17.4 Å². The molecule has 9 heteroatoms. The Kier molecular flexibility index (Phi) is 10.5. The second-order valence-electron chi connectivity index (χ2n) is 24.5. The molecule has 0 spiro atoms. The SMILES string of the molecule is c1ccc(-c2ccccc2N2c3cc(N(c4ccccc4)c4ccc5oc6ccccc6c5c4)cc4c3B(c3c2c2oc5ccccc5c2c2c3oc3ccccc32)c2c(c3oc5ccccc5c3c3c2sc2ccccc23)N4c2ccccc2-c2ccccc2)cc1. The predicted molar refractivity (Wildman–Crippen MR) is 388 cm³/mol. The summed E-state index contributed by atoms with van der Waals surface area (Å²) in [4.78, 5) is 7.53. The fraction of sp³-hybridized carbons (Fsp3) is 0. The van der Waals surface area contributed by atoms with Crippen molar-refractivity contribution in [3.63, 3.8) is 0 Å². The highest BCUT2D eigenvalue weighted by atomic mass is 32.1. The number of thiophene rings is 1. The number of hydrogen-bond donors (Lipinski definition) is 0. The molecule has 432 valence electrons. The van der Waals surface area contributed by atoms with Crippen LogP contribution in [-0.4, -0.2) is 6.71 Å². The molecule has 14 aromatic carbocycles. The van der Waals surface area contributed by atoms with E-state index < -0.39 is 6.71 Å². The molecular formula is C84H48BN3O4S. The summed E-state index contributed by atoms with van der Waals surface area (Å²) >= 11 is 1.87. The lowest BCUT2D eigenvalue weighted by atomic mass is 9.33. The third-order valence-electron chi connectivity index (χ3n) is 19.6. The van der Waals surface area contributed by atoms with Crippen LogP contribution in [0.3, 0.4) is 0 Å². The molecule has 2 aliphatic rings. The fourth-order valence-corrected chi connectivity index (χ4v) is 17.1. The molecule has 0 radical (unpaired) electrons. The van der Waals surface area contributed by atoms with Gasteiger partial charge in [-0.15, -0.1) is 11.3 Å². The third-order valence-corrected chi connectivity index (χ3v) is 20.8. The Bertz CT molecular complexity index is 6060. The van der Waals surface area contributed by atoms with Gasteiger partial charge in [0, 0.05) is 103 Å². The summed E-state index contributed by atoms with van der Waals surface area (Å²) < 4.78 is 32.0. The number of fused-ring (bicyclic) bond motifs is 25. The first kappa shape index (κ1) is 50.8. The molecule has 19 aromatic rings. The summed E-state index contributed by atoms with van der Waals surface area (Å²) in [5.41, 5.74) is 22.8. The van der Waals surface area contributed by atoms with Gasteiger partial charge in [-0.25, -0.2) is 0 Å².